The summed E-state index contributed by atoms with van der Waals surface area (Å²) in [5.41, 5.74) is 2.57. The molecule has 1 N–H and O–H groups in total. The first kappa shape index (κ1) is 25.7. The molecule has 39 heavy (non-hydrogen) atoms. The number of fused-ring (bicyclic) bond motifs is 1. The van der Waals surface area contributed by atoms with E-state index < -0.39 is 15.8 Å². The van der Waals surface area contributed by atoms with Crippen LogP contribution in [0.2, 0.25) is 0 Å². The van der Waals surface area contributed by atoms with Crippen LogP contribution >= 0.6 is 23.1 Å². The Kier molecular flexibility index (Phi) is 7.16. The van der Waals surface area contributed by atoms with Crippen molar-refractivity contribution in [2.75, 3.05) is 0 Å². The Hall–Kier alpha value is -4.89. The largest absolute Gasteiger partial charge is 0.461 e. The summed E-state index contributed by atoms with van der Waals surface area (Å²) in [5.74, 6) is 0.576. The molecule has 0 saturated carbocycles. The number of hydrogen-bond acceptors (Lipinski definition) is 11. The molecule has 0 unspecified atom stereocenters. The number of thiophene rings is 1. The number of carbonyl (C=O) groups excluding carboxylic acids is 1. The van der Waals surface area contributed by atoms with E-state index in [1.165, 1.54) is 42.2 Å². The second kappa shape index (κ2) is 10.8. The monoisotopic (exact) mass is 563 g/mol. The molecule has 196 valence electrons. The van der Waals surface area contributed by atoms with E-state index in [0.29, 0.717) is 48.7 Å². The molecule has 2 aromatic carbocycles. The second-order valence-electron chi connectivity index (χ2n) is 7.90. The lowest BCUT2D eigenvalue weighted by molar-refractivity contribution is -0.385. The number of non-ortho nitro benzene ring substituents is 2. The van der Waals surface area contributed by atoms with Gasteiger partial charge in [0.2, 0.25) is 0 Å². The van der Waals surface area contributed by atoms with Crippen molar-refractivity contribution in [1.29, 1.82) is 0 Å². The first-order chi connectivity index (χ1) is 18.8. The van der Waals surface area contributed by atoms with Crippen molar-refractivity contribution in [2.24, 2.45) is 5.10 Å². The molecule has 0 fully saturated rings. The first-order valence-corrected chi connectivity index (χ1v) is 12.9. The maximum atomic E-state index is 12.7. The highest BCUT2D eigenvalue weighted by molar-refractivity contribution is 7.99. The molecule has 3 heterocycles. The highest BCUT2D eigenvalue weighted by Gasteiger charge is 2.19. The minimum absolute atomic E-state index is 0.0730. The fourth-order valence-electron chi connectivity index (χ4n) is 3.65. The van der Waals surface area contributed by atoms with Crippen LogP contribution < -0.4 is 5.43 Å². The smallest absolute Gasteiger partial charge is 0.281 e. The quantitative estimate of drug-likeness (QED) is 0.138. The Morgan fingerprint density at radius 2 is 1.90 bits per heavy atom. The highest BCUT2D eigenvalue weighted by atomic mass is 32.2. The van der Waals surface area contributed by atoms with E-state index >= 15 is 0 Å². The second-order valence-corrected chi connectivity index (χ2v) is 9.99. The Labute approximate surface area is 227 Å². The van der Waals surface area contributed by atoms with Gasteiger partial charge in [0.15, 0.2) is 16.7 Å². The Morgan fingerprint density at radius 3 is 2.62 bits per heavy atom. The van der Waals surface area contributed by atoms with E-state index in [1.807, 2.05) is 11.5 Å². The average molecular weight is 564 g/mol. The summed E-state index contributed by atoms with van der Waals surface area (Å²) in [6, 6.07) is 13.7. The summed E-state index contributed by atoms with van der Waals surface area (Å²) in [4.78, 5) is 35.0. The van der Waals surface area contributed by atoms with Crippen LogP contribution in [0.5, 0.6) is 0 Å². The van der Waals surface area contributed by atoms with Gasteiger partial charge >= 0.3 is 0 Å². The van der Waals surface area contributed by atoms with Gasteiger partial charge in [-0.15, -0.1) is 21.5 Å². The molecule has 13 nitrogen and oxygen atoms in total. The number of nitrogens with zero attached hydrogens (tertiary/aromatic N) is 6. The Bertz CT molecular complexity index is 1740. The van der Waals surface area contributed by atoms with Gasteiger partial charge in [0, 0.05) is 51.4 Å². The van der Waals surface area contributed by atoms with Gasteiger partial charge in [-0.2, -0.15) is 5.10 Å². The third-order valence-electron chi connectivity index (χ3n) is 5.48. The van der Waals surface area contributed by atoms with Crippen LogP contribution in [-0.4, -0.2) is 36.7 Å². The van der Waals surface area contributed by atoms with Crippen LogP contribution in [-0.2, 0) is 6.54 Å². The maximum absolute atomic E-state index is 12.7. The lowest BCUT2D eigenvalue weighted by Crippen LogP contribution is -2.16. The van der Waals surface area contributed by atoms with Gasteiger partial charge in [-0.05, 0) is 49.0 Å². The van der Waals surface area contributed by atoms with E-state index in [1.54, 1.807) is 36.6 Å². The molecule has 5 aromatic rings. The molecule has 0 bridgehead atoms. The van der Waals surface area contributed by atoms with Gasteiger partial charge in [-0.25, -0.2) is 5.43 Å². The van der Waals surface area contributed by atoms with Crippen LogP contribution in [0.4, 0.5) is 11.4 Å². The predicted octanol–water partition coefficient (Wildman–Crippen LogP) is 5.50. The van der Waals surface area contributed by atoms with Crippen LogP contribution in [0, 0.1) is 20.2 Å². The van der Waals surface area contributed by atoms with Crippen LogP contribution in [0.1, 0.15) is 22.2 Å². The first-order valence-electron chi connectivity index (χ1n) is 11.3. The number of nitro benzene ring substituents is 2. The third-order valence-corrected chi connectivity index (χ3v) is 7.68. The number of amides is 1. The van der Waals surface area contributed by atoms with Gasteiger partial charge in [0.25, 0.3) is 17.3 Å². The van der Waals surface area contributed by atoms with Crippen LogP contribution in [0.15, 0.2) is 80.4 Å². The number of aromatic nitrogens is 3. The topological polar surface area (TPSA) is 172 Å². The van der Waals surface area contributed by atoms with Crippen molar-refractivity contribution in [3.63, 3.8) is 0 Å². The number of nitrogens with one attached hydrogen (secondary N) is 1. The number of hydrazone groups is 1. The third kappa shape index (κ3) is 5.39. The van der Waals surface area contributed by atoms with Gasteiger partial charge in [-0.1, -0.05) is 0 Å². The fraction of sp³-hybridized carbons (Fsp3) is 0.0833. The summed E-state index contributed by atoms with van der Waals surface area (Å²) >= 11 is 2.39. The van der Waals surface area contributed by atoms with E-state index in [0.717, 1.165) is 11.3 Å². The van der Waals surface area contributed by atoms with E-state index in [-0.39, 0.29) is 11.4 Å². The molecule has 15 heteroatoms. The summed E-state index contributed by atoms with van der Waals surface area (Å²) in [7, 11) is 0. The zero-order valence-corrected chi connectivity index (χ0v) is 21.6. The Morgan fingerprint density at radius 1 is 1.13 bits per heavy atom. The van der Waals surface area contributed by atoms with Crippen molar-refractivity contribution in [1.82, 2.24) is 20.2 Å². The molecule has 5 rings (SSSR count). The van der Waals surface area contributed by atoms with Crippen molar-refractivity contribution in [3.05, 3.63) is 91.5 Å². The SMILES string of the molecule is CCn1c(Sc2ccc([N+](=O)[O-])cc2/C=N/NC(=O)c2cc3cc([N+](=O)[O-])ccc3s2)nnc1-c1ccco1. The van der Waals surface area contributed by atoms with E-state index in [9.17, 15) is 25.0 Å². The zero-order valence-electron chi connectivity index (χ0n) is 20.0. The molecule has 0 spiro atoms. The van der Waals surface area contributed by atoms with Gasteiger partial charge in [0.1, 0.15) is 0 Å². The summed E-state index contributed by atoms with van der Waals surface area (Å²) in [6.45, 7) is 2.48. The number of rotatable bonds is 9. The lowest BCUT2D eigenvalue weighted by atomic mass is 10.2. The average Bonchev–Trinajstić information content (AvgIpc) is 3.68. The number of furan rings is 1. The van der Waals surface area contributed by atoms with Crippen molar-refractivity contribution in [3.8, 4) is 11.6 Å². The Balaban J connectivity index is 1.39. The molecule has 0 radical (unpaired) electrons. The minimum Gasteiger partial charge on any atom is -0.461 e. The number of hydrogen-bond donors (Lipinski definition) is 1. The fourth-order valence-corrected chi connectivity index (χ4v) is 5.55. The number of nitro groups is 2. The van der Waals surface area contributed by atoms with E-state index in [2.05, 4.69) is 20.7 Å². The summed E-state index contributed by atoms with van der Waals surface area (Å²) in [5, 5.41) is 36.0. The van der Waals surface area contributed by atoms with Gasteiger partial charge in [-0.3, -0.25) is 29.6 Å². The molecular formula is C24H17N7O6S2. The molecule has 0 aliphatic heterocycles. The molecule has 3 aromatic heterocycles. The molecule has 1 amide bonds. The normalized spacial score (nSPS) is 11.3. The van der Waals surface area contributed by atoms with Crippen molar-refractivity contribution < 1.29 is 19.1 Å². The molecular weight excluding hydrogens is 546 g/mol. The molecule has 0 aliphatic rings. The predicted molar refractivity (Wildman–Crippen MR) is 144 cm³/mol. The molecule has 0 aliphatic carbocycles. The highest BCUT2D eigenvalue weighted by Crippen LogP contribution is 2.33. The number of benzene rings is 2. The van der Waals surface area contributed by atoms with Crippen molar-refractivity contribution in [2.45, 2.75) is 23.5 Å². The summed E-state index contributed by atoms with van der Waals surface area (Å²) in [6.07, 6.45) is 2.85. The van der Waals surface area contributed by atoms with E-state index in [4.69, 9.17) is 4.42 Å². The number of carbonyl (C=O) groups is 1. The van der Waals surface area contributed by atoms with Crippen molar-refractivity contribution >= 4 is 56.7 Å². The zero-order chi connectivity index (χ0) is 27.5. The van der Waals surface area contributed by atoms with Crippen LogP contribution in [0.25, 0.3) is 21.7 Å². The lowest BCUT2D eigenvalue weighted by Gasteiger charge is -2.08. The van der Waals surface area contributed by atoms with Gasteiger partial charge in [0.05, 0.1) is 27.2 Å². The van der Waals surface area contributed by atoms with Crippen LogP contribution in [0.3, 0.4) is 0 Å². The standard InChI is InChI=1S/C24H17N7O6S2/c1-2-29-22(18-4-3-9-37-18)26-28-24(29)39-20-8-6-17(31(35)36)11-15(20)13-25-27-23(32)21-12-14-10-16(30(33)34)5-7-19(14)38-21/h3-13H,2H2,1H3,(H,27,32)/b25-13+. The minimum atomic E-state index is -0.524. The maximum Gasteiger partial charge on any atom is 0.281 e. The van der Waals surface area contributed by atoms with Gasteiger partial charge < -0.3 is 4.42 Å². The molecule has 0 atom stereocenters. The summed E-state index contributed by atoms with van der Waals surface area (Å²) < 4.78 is 8.00. The molecule has 0 saturated heterocycles.